The van der Waals surface area contributed by atoms with Crippen molar-refractivity contribution in [3.63, 3.8) is 0 Å². The predicted octanol–water partition coefficient (Wildman–Crippen LogP) is 1.82. The maximum Gasteiger partial charge on any atom is 0.257 e. The van der Waals surface area contributed by atoms with Crippen molar-refractivity contribution in [1.82, 2.24) is 14.8 Å². The van der Waals surface area contributed by atoms with Crippen LogP contribution >= 0.6 is 0 Å². The minimum atomic E-state index is 0.0911. The van der Waals surface area contributed by atoms with Gasteiger partial charge in [-0.2, -0.15) is 0 Å². The van der Waals surface area contributed by atoms with Crippen molar-refractivity contribution in [2.24, 2.45) is 0 Å². The van der Waals surface area contributed by atoms with Gasteiger partial charge in [0.15, 0.2) is 0 Å². The predicted molar refractivity (Wildman–Crippen MR) is 83.5 cm³/mol. The Morgan fingerprint density at radius 2 is 2.19 bits per heavy atom. The molecule has 21 heavy (non-hydrogen) atoms. The molecule has 2 fully saturated rings. The standard InChI is InChI=1S/C16H24N4O/c1-12-6-3-4-9-20(12)13-10-19(11-13)16(21)14-7-5-8-18-15(14)17-2/h5,7-8,12-13H,3-4,6,9-11H2,1-2H3,(H,17,18)/t12-/m1/s1. The minimum Gasteiger partial charge on any atom is -0.372 e. The first kappa shape index (κ1) is 14.3. The topological polar surface area (TPSA) is 48.5 Å². The molecular formula is C16H24N4O. The van der Waals surface area contributed by atoms with Gasteiger partial charge in [-0.15, -0.1) is 0 Å². The zero-order valence-electron chi connectivity index (χ0n) is 12.9. The molecule has 3 rings (SSSR count). The van der Waals surface area contributed by atoms with Crippen LogP contribution in [0.5, 0.6) is 0 Å². The Kier molecular flexibility index (Phi) is 4.10. The van der Waals surface area contributed by atoms with Crippen LogP contribution in [0, 0.1) is 0 Å². The summed E-state index contributed by atoms with van der Waals surface area (Å²) in [5.41, 5.74) is 0.671. The van der Waals surface area contributed by atoms with Gasteiger partial charge in [0.1, 0.15) is 5.82 Å². The molecule has 2 aliphatic heterocycles. The molecule has 5 nitrogen and oxygen atoms in total. The van der Waals surface area contributed by atoms with Crippen molar-refractivity contribution in [2.75, 3.05) is 32.0 Å². The van der Waals surface area contributed by atoms with Gasteiger partial charge in [-0.1, -0.05) is 6.42 Å². The number of nitrogens with zero attached hydrogens (tertiary/aromatic N) is 3. The fourth-order valence-electron chi connectivity index (χ4n) is 3.44. The first-order valence-electron chi connectivity index (χ1n) is 7.88. The molecule has 1 aromatic heterocycles. The number of likely N-dealkylation sites (tertiary alicyclic amines) is 2. The number of nitrogens with one attached hydrogen (secondary N) is 1. The summed E-state index contributed by atoms with van der Waals surface area (Å²) in [5.74, 6) is 0.755. The van der Waals surface area contributed by atoms with E-state index in [9.17, 15) is 4.79 Å². The number of aromatic nitrogens is 1. The molecule has 2 saturated heterocycles. The highest BCUT2D eigenvalue weighted by molar-refractivity contribution is 5.99. The van der Waals surface area contributed by atoms with Crippen molar-refractivity contribution in [3.8, 4) is 0 Å². The van der Waals surface area contributed by atoms with Crippen LogP contribution < -0.4 is 5.32 Å². The van der Waals surface area contributed by atoms with E-state index in [0.717, 1.165) is 13.1 Å². The van der Waals surface area contributed by atoms with E-state index in [1.54, 1.807) is 13.2 Å². The van der Waals surface area contributed by atoms with E-state index >= 15 is 0 Å². The maximum absolute atomic E-state index is 12.5. The van der Waals surface area contributed by atoms with Crippen LogP contribution in [0.15, 0.2) is 18.3 Å². The van der Waals surface area contributed by atoms with Crippen LogP contribution in [0.2, 0.25) is 0 Å². The normalized spacial score (nSPS) is 23.7. The molecule has 1 amide bonds. The van der Waals surface area contributed by atoms with Crippen molar-refractivity contribution in [1.29, 1.82) is 0 Å². The first-order chi connectivity index (χ1) is 10.2. The lowest BCUT2D eigenvalue weighted by atomic mass is 9.97. The number of pyridine rings is 1. The summed E-state index contributed by atoms with van der Waals surface area (Å²) < 4.78 is 0. The molecule has 1 aromatic rings. The van der Waals surface area contributed by atoms with Gasteiger partial charge >= 0.3 is 0 Å². The maximum atomic E-state index is 12.5. The molecule has 0 radical (unpaired) electrons. The molecule has 1 atom stereocenters. The Balaban J connectivity index is 1.62. The zero-order valence-corrected chi connectivity index (χ0v) is 12.9. The van der Waals surface area contributed by atoms with E-state index in [0.29, 0.717) is 23.5 Å². The lowest BCUT2D eigenvalue weighted by Crippen LogP contribution is -2.63. The smallest absolute Gasteiger partial charge is 0.257 e. The molecule has 2 aliphatic rings. The van der Waals surface area contributed by atoms with Gasteiger partial charge in [0.2, 0.25) is 0 Å². The molecule has 1 N–H and O–H groups in total. The van der Waals surface area contributed by atoms with Crippen LogP contribution in [0.1, 0.15) is 36.5 Å². The third-order valence-corrected chi connectivity index (χ3v) is 4.75. The number of hydrogen-bond donors (Lipinski definition) is 1. The van der Waals surface area contributed by atoms with E-state index in [1.165, 1.54) is 25.8 Å². The fourth-order valence-corrected chi connectivity index (χ4v) is 3.44. The Morgan fingerprint density at radius 1 is 1.38 bits per heavy atom. The zero-order chi connectivity index (χ0) is 14.8. The Morgan fingerprint density at radius 3 is 2.90 bits per heavy atom. The molecule has 0 unspecified atom stereocenters. The molecule has 0 aromatic carbocycles. The average Bonchev–Trinajstić information content (AvgIpc) is 2.47. The summed E-state index contributed by atoms with van der Waals surface area (Å²) in [6.45, 7) is 5.19. The van der Waals surface area contributed by atoms with Gasteiger partial charge in [-0.25, -0.2) is 4.98 Å². The van der Waals surface area contributed by atoms with Gasteiger partial charge in [0.05, 0.1) is 5.56 Å². The lowest BCUT2D eigenvalue weighted by Gasteiger charge is -2.49. The molecule has 114 valence electrons. The van der Waals surface area contributed by atoms with E-state index in [1.807, 2.05) is 17.0 Å². The van der Waals surface area contributed by atoms with E-state index in [-0.39, 0.29) is 5.91 Å². The number of amides is 1. The molecule has 5 heteroatoms. The van der Waals surface area contributed by atoms with Crippen LogP contribution in [-0.2, 0) is 0 Å². The summed E-state index contributed by atoms with van der Waals surface area (Å²) in [6.07, 6.45) is 5.63. The van der Waals surface area contributed by atoms with Gasteiger partial charge in [-0.05, 0) is 38.4 Å². The largest absolute Gasteiger partial charge is 0.372 e. The van der Waals surface area contributed by atoms with Crippen molar-refractivity contribution in [2.45, 2.75) is 38.3 Å². The summed E-state index contributed by atoms with van der Waals surface area (Å²) in [7, 11) is 1.80. The third kappa shape index (κ3) is 2.75. The van der Waals surface area contributed by atoms with Gasteiger partial charge < -0.3 is 10.2 Å². The number of hydrogen-bond acceptors (Lipinski definition) is 4. The number of piperidine rings is 1. The fraction of sp³-hybridized carbons (Fsp3) is 0.625. The monoisotopic (exact) mass is 288 g/mol. The van der Waals surface area contributed by atoms with Crippen LogP contribution in [0.25, 0.3) is 0 Å². The second kappa shape index (κ2) is 6.02. The highest BCUT2D eigenvalue weighted by Crippen LogP contribution is 2.26. The Hall–Kier alpha value is -1.62. The van der Waals surface area contributed by atoms with Crippen molar-refractivity contribution < 1.29 is 4.79 Å². The summed E-state index contributed by atoms with van der Waals surface area (Å²) in [4.78, 5) is 21.3. The number of rotatable bonds is 3. The minimum absolute atomic E-state index is 0.0911. The Labute approximate surface area is 126 Å². The number of anilines is 1. The molecule has 0 spiro atoms. The van der Waals surface area contributed by atoms with E-state index in [2.05, 4.69) is 22.1 Å². The average molecular weight is 288 g/mol. The summed E-state index contributed by atoms with van der Waals surface area (Å²) in [6, 6.07) is 4.86. The van der Waals surface area contributed by atoms with Crippen LogP contribution in [0.3, 0.4) is 0 Å². The second-order valence-electron chi connectivity index (χ2n) is 6.10. The first-order valence-corrected chi connectivity index (χ1v) is 7.88. The Bertz CT molecular complexity index is 513. The number of carbonyl (C=O) groups excluding carboxylic acids is 1. The van der Waals surface area contributed by atoms with Gasteiger partial charge in [0.25, 0.3) is 5.91 Å². The molecule has 3 heterocycles. The quantitative estimate of drug-likeness (QED) is 0.922. The molecular weight excluding hydrogens is 264 g/mol. The molecule has 0 aliphatic carbocycles. The summed E-state index contributed by atoms with van der Waals surface area (Å²) >= 11 is 0. The lowest BCUT2D eigenvalue weighted by molar-refractivity contribution is 0.00216. The molecule has 0 saturated carbocycles. The third-order valence-electron chi connectivity index (χ3n) is 4.75. The second-order valence-corrected chi connectivity index (χ2v) is 6.10. The van der Waals surface area contributed by atoms with Crippen LogP contribution in [-0.4, -0.2) is 59.5 Å². The van der Waals surface area contributed by atoms with Crippen molar-refractivity contribution in [3.05, 3.63) is 23.9 Å². The van der Waals surface area contributed by atoms with Gasteiger partial charge in [0, 0.05) is 38.4 Å². The number of carbonyl (C=O) groups is 1. The SMILES string of the molecule is CNc1ncccc1C(=O)N1CC(N2CCCC[C@H]2C)C1. The molecule has 0 bridgehead atoms. The van der Waals surface area contributed by atoms with E-state index < -0.39 is 0 Å². The van der Waals surface area contributed by atoms with Gasteiger partial charge in [-0.3, -0.25) is 9.69 Å². The summed E-state index contributed by atoms with van der Waals surface area (Å²) in [5, 5.41) is 2.99. The highest BCUT2D eigenvalue weighted by atomic mass is 16.2. The van der Waals surface area contributed by atoms with Crippen LogP contribution in [0.4, 0.5) is 5.82 Å². The van der Waals surface area contributed by atoms with E-state index in [4.69, 9.17) is 0 Å². The van der Waals surface area contributed by atoms with Crippen molar-refractivity contribution >= 4 is 11.7 Å². The highest BCUT2D eigenvalue weighted by Gasteiger charge is 2.38.